The number of rotatable bonds is 7. The number of ketones is 1. The number of benzene rings is 3. The number of carbonyl (C=O) groups is 1. The largest absolute Gasteiger partial charge is 0.497 e. The predicted molar refractivity (Wildman–Crippen MR) is 124 cm³/mol. The van der Waals surface area contributed by atoms with Gasteiger partial charge in [-0.2, -0.15) is 4.72 Å². The van der Waals surface area contributed by atoms with Gasteiger partial charge < -0.3 is 14.2 Å². The summed E-state index contributed by atoms with van der Waals surface area (Å²) in [5, 5.41) is 1.62. The zero-order chi connectivity index (χ0) is 22.2. The van der Waals surface area contributed by atoms with E-state index >= 15 is 0 Å². The summed E-state index contributed by atoms with van der Waals surface area (Å²) in [6.07, 6.45) is -0.0305. The first-order valence-corrected chi connectivity index (χ1v) is 12.0. The fraction of sp³-hybridized carbons (Fsp3) is 0.227. The van der Waals surface area contributed by atoms with Crippen LogP contribution < -0.4 is 18.9 Å². The molecule has 1 N–H and O–H groups in total. The summed E-state index contributed by atoms with van der Waals surface area (Å²) in [6, 6.07) is 15.4. The molecule has 1 unspecified atom stereocenters. The lowest BCUT2D eigenvalue weighted by Crippen LogP contribution is -2.42. The van der Waals surface area contributed by atoms with Crippen molar-refractivity contribution in [2.45, 2.75) is 21.8 Å². The Kier molecular flexibility index (Phi) is 5.84. The monoisotopic (exact) mass is 553 g/mol. The van der Waals surface area contributed by atoms with Gasteiger partial charge in [-0.05, 0) is 59.7 Å². The molecule has 1 aliphatic rings. The van der Waals surface area contributed by atoms with Crippen molar-refractivity contribution in [3.05, 3.63) is 60.2 Å². The Labute approximate surface area is 193 Å². The zero-order valence-corrected chi connectivity index (χ0v) is 19.8. The minimum Gasteiger partial charge on any atom is -0.497 e. The highest BCUT2D eigenvalue weighted by Gasteiger charge is 2.37. The topological polar surface area (TPSA) is 90.9 Å². The Morgan fingerprint density at radius 1 is 1.06 bits per heavy atom. The molecule has 9 heteroatoms. The number of halogens is 1. The van der Waals surface area contributed by atoms with Crippen LogP contribution in [0.2, 0.25) is 0 Å². The zero-order valence-electron chi connectivity index (χ0n) is 16.8. The van der Waals surface area contributed by atoms with Crippen molar-refractivity contribution < 1.29 is 27.4 Å². The van der Waals surface area contributed by atoms with E-state index in [1.807, 2.05) is 28.7 Å². The molecule has 0 saturated carbocycles. The second-order valence-corrected chi connectivity index (χ2v) is 10.8. The molecule has 0 bridgehead atoms. The van der Waals surface area contributed by atoms with Crippen molar-refractivity contribution in [3.8, 4) is 17.2 Å². The summed E-state index contributed by atoms with van der Waals surface area (Å²) in [4.78, 5) is 12.1. The first-order valence-electron chi connectivity index (χ1n) is 9.40. The molecule has 7 nitrogen and oxygen atoms in total. The molecule has 1 aliphatic heterocycles. The Hall–Kier alpha value is -2.37. The molecule has 0 amide bonds. The van der Waals surface area contributed by atoms with Crippen molar-refractivity contribution in [1.82, 2.24) is 4.72 Å². The number of Topliss-reactive ketones (excluding diaryl/α,β-unsaturated/α-hetero) is 1. The molecule has 162 valence electrons. The van der Waals surface area contributed by atoms with Gasteiger partial charge in [-0.3, -0.25) is 4.79 Å². The van der Waals surface area contributed by atoms with Crippen LogP contribution in [-0.4, -0.2) is 28.1 Å². The standard InChI is InChI=1S/C22H20INO6S/c1-14(25)12-22(23,17-5-8-20-21(11-17)30-13-29-20)24-31(26,27)19-7-4-15-9-18(28-2)6-3-16(15)10-19/h3-11,24H,12-13H2,1-2H3. The van der Waals surface area contributed by atoms with Gasteiger partial charge in [0.05, 0.1) is 12.0 Å². The lowest BCUT2D eigenvalue weighted by Gasteiger charge is -2.28. The van der Waals surface area contributed by atoms with Crippen LogP contribution in [0.15, 0.2) is 59.5 Å². The Balaban J connectivity index is 1.72. The highest BCUT2D eigenvalue weighted by atomic mass is 127. The average molecular weight is 553 g/mol. The normalized spacial score (nSPS) is 14.9. The van der Waals surface area contributed by atoms with Crippen LogP contribution in [0, 0.1) is 0 Å². The highest BCUT2D eigenvalue weighted by Crippen LogP contribution is 2.41. The molecule has 3 aromatic carbocycles. The summed E-state index contributed by atoms with van der Waals surface area (Å²) in [6.45, 7) is 1.53. The summed E-state index contributed by atoms with van der Waals surface area (Å²) in [5.41, 5.74) is 0.599. The third-order valence-corrected chi connectivity index (χ3v) is 8.08. The maximum atomic E-state index is 13.3. The van der Waals surface area contributed by atoms with E-state index in [0.29, 0.717) is 22.8 Å². The van der Waals surface area contributed by atoms with Crippen LogP contribution >= 0.6 is 22.6 Å². The van der Waals surface area contributed by atoms with Crippen molar-refractivity contribution in [2.75, 3.05) is 13.9 Å². The molecule has 0 aliphatic carbocycles. The van der Waals surface area contributed by atoms with Crippen LogP contribution in [0.5, 0.6) is 17.2 Å². The first kappa shape index (κ1) is 21.8. The first-order chi connectivity index (χ1) is 14.7. The van der Waals surface area contributed by atoms with Crippen LogP contribution in [0.1, 0.15) is 18.9 Å². The summed E-state index contributed by atoms with van der Waals surface area (Å²) in [5.74, 6) is 1.64. The molecule has 31 heavy (non-hydrogen) atoms. The van der Waals surface area contributed by atoms with Crippen LogP contribution in [0.4, 0.5) is 0 Å². The second kappa shape index (κ2) is 8.29. The summed E-state index contributed by atoms with van der Waals surface area (Å²) >= 11 is 1.98. The van der Waals surface area contributed by atoms with Crippen LogP contribution in [0.25, 0.3) is 10.8 Å². The molecule has 3 aromatic rings. The second-order valence-electron chi connectivity index (χ2n) is 7.23. The van der Waals surface area contributed by atoms with E-state index in [4.69, 9.17) is 14.2 Å². The molecule has 0 spiro atoms. The smallest absolute Gasteiger partial charge is 0.242 e. The van der Waals surface area contributed by atoms with Gasteiger partial charge in [0.25, 0.3) is 0 Å². The van der Waals surface area contributed by atoms with E-state index in [9.17, 15) is 13.2 Å². The fourth-order valence-electron chi connectivity index (χ4n) is 3.45. The number of ether oxygens (including phenoxy) is 3. The molecule has 1 atom stereocenters. The number of alkyl halides is 1. The van der Waals surface area contributed by atoms with E-state index in [2.05, 4.69) is 4.72 Å². The van der Waals surface area contributed by atoms with Gasteiger partial charge in [0.2, 0.25) is 16.8 Å². The van der Waals surface area contributed by atoms with E-state index in [0.717, 1.165) is 10.8 Å². The van der Waals surface area contributed by atoms with Crippen molar-refractivity contribution in [3.63, 3.8) is 0 Å². The molecule has 1 heterocycles. The minimum atomic E-state index is -3.95. The predicted octanol–water partition coefficient (Wildman–Crippen LogP) is 4.12. The van der Waals surface area contributed by atoms with Gasteiger partial charge in [0.1, 0.15) is 15.1 Å². The van der Waals surface area contributed by atoms with E-state index in [1.165, 1.54) is 13.0 Å². The quantitative estimate of drug-likeness (QED) is 0.269. The van der Waals surface area contributed by atoms with E-state index in [1.54, 1.807) is 49.6 Å². The molecule has 0 fully saturated rings. The van der Waals surface area contributed by atoms with Gasteiger partial charge in [0.15, 0.2) is 11.5 Å². The summed E-state index contributed by atoms with van der Waals surface area (Å²) < 4.78 is 44.1. The van der Waals surface area contributed by atoms with Crippen molar-refractivity contribution >= 4 is 49.2 Å². The summed E-state index contributed by atoms with van der Waals surface area (Å²) in [7, 11) is -2.37. The third kappa shape index (κ3) is 4.48. The average Bonchev–Trinajstić information content (AvgIpc) is 3.20. The van der Waals surface area contributed by atoms with Gasteiger partial charge in [-0.25, -0.2) is 8.42 Å². The fourth-order valence-corrected chi connectivity index (χ4v) is 6.46. The van der Waals surface area contributed by atoms with Gasteiger partial charge in [0, 0.05) is 6.42 Å². The molecule has 0 radical (unpaired) electrons. The molecule has 4 rings (SSSR count). The SMILES string of the molecule is COc1ccc2cc(S(=O)(=O)NC(I)(CC(C)=O)c3ccc4c(c3)OCO4)ccc2c1. The van der Waals surface area contributed by atoms with Crippen LogP contribution in [-0.2, 0) is 18.4 Å². The van der Waals surface area contributed by atoms with Crippen molar-refractivity contribution in [1.29, 1.82) is 0 Å². The van der Waals surface area contributed by atoms with E-state index in [-0.39, 0.29) is 23.9 Å². The minimum absolute atomic E-state index is 0.0305. The third-order valence-electron chi connectivity index (χ3n) is 4.95. The molecular weight excluding hydrogens is 533 g/mol. The Bertz CT molecular complexity index is 1280. The molecular formula is C22H20INO6S. The lowest BCUT2D eigenvalue weighted by atomic mass is 10.0. The number of hydrogen-bond acceptors (Lipinski definition) is 6. The van der Waals surface area contributed by atoms with E-state index < -0.39 is 13.6 Å². The molecule has 0 saturated heterocycles. The number of hydrogen-bond donors (Lipinski definition) is 1. The maximum Gasteiger partial charge on any atom is 0.242 e. The Morgan fingerprint density at radius 2 is 1.77 bits per heavy atom. The molecule has 0 aromatic heterocycles. The highest BCUT2D eigenvalue weighted by molar-refractivity contribution is 14.1. The lowest BCUT2D eigenvalue weighted by molar-refractivity contribution is -0.117. The number of methoxy groups -OCH3 is 1. The number of carbonyl (C=O) groups excluding carboxylic acids is 1. The van der Waals surface area contributed by atoms with Crippen molar-refractivity contribution in [2.24, 2.45) is 0 Å². The Morgan fingerprint density at radius 3 is 2.52 bits per heavy atom. The van der Waals surface area contributed by atoms with Gasteiger partial charge in [-0.1, -0.05) is 40.8 Å². The number of sulfonamides is 1. The number of fused-ring (bicyclic) bond motifs is 2. The van der Waals surface area contributed by atoms with Gasteiger partial charge >= 0.3 is 0 Å². The van der Waals surface area contributed by atoms with Gasteiger partial charge in [-0.15, -0.1) is 0 Å². The number of nitrogens with one attached hydrogen (secondary N) is 1. The maximum absolute atomic E-state index is 13.3. The van der Waals surface area contributed by atoms with Crippen LogP contribution in [0.3, 0.4) is 0 Å².